The number of anilines is 1. The van der Waals surface area contributed by atoms with E-state index in [9.17, 15) is 4.79 Å². The van der Waals surface area contributed by atoms with E-state index >= 15 is 0 Å². The summed E-state index contributed by atoms with van der Waals surface area (Å²) in [5, 5.41) is 7.77. The molecule has 0 saturated carbocycles. The maximum Gasteiger partial charge on any atom is 0.228 e. The van der Waals surface area contributed by atoms with Crippen LogP contribution in [0.15, 0.2) is 73.2 Å². The van der Waals surface area contributed by atoms with Gasteiger partial charge in [0, 0.05) is 48.0 Å². The Morgan fingerprint density at radius 2 is 1.97 bits per heavy atom. The molecule has 2 aliphatic heterocycles. The summed E-state index contributed by atoms with van der Waals surface area (Å²) < 4.78 is 0. The predicted molar refractivity (Wildman–Crippen MR) is 131 cm³/mol. The second kappa shape index (κ2) is 8.98. The molecule has 8 nitrogen and oxygen atoms in total. The number of hydrogen-bond donors (Lipinski definition) is 5. The maximum absolute atomic E-state index is 12.5. The smallest absolute Gasteiger partial charge is 0.228 e. The number of hydrogen-bond acceptors (Lipinski definition) is 6. The van der Waals surface area contributed by atoms with E-state index in [-0.39, 0.29) is 18.0 Å². The number of nitrogens with one attached hydrogen (secondary N) is 5. The van der Waals surface area contributed by atoms with E-state index in [2.05, 4.69) is 48.6 Å². The normalized spacial score (nSPS) is 24.1. The molecular weight excluding hydrogens is 426 g/mol. The van der Waals surface area contributed by atoms with Crippen molar-refractivity contribution in [3.63, 3.8) is 0 Å². The lowest BCUT2D eigenvalue weighted by atomic mass is 9.81. The van der Waals surface area contributed by atoms with Crippen molar-refractivity contribution in [1.29, 1.82) is 0 Å². The van der Waals surface area contributed by atoms with Gasteiger partial charge in [-0.15, -0.1) is 0 Å². The van der Waals surface area contributed by atoms with E-state index in [1.54, 1.807) is 6.20 Å². The zero-order valence-electron chi connectivity index (χ0n) is 18.7. The molecule has 0 spiro atoms. The third kappa shape index (κ3) is 4.19. The number of benzene rings is 1. The molecule has 1 aromatic carbocycles. The molecular formula is C26H27N7O. The molecule has 172 valence electrons. The van der Waals surface area contributed by atoms with Gasteiger partial charge in [-0.1, -0.05) is 30.3 Å². The first-order chi connectivity index (χ1) is 16.7. The van der Waals surface area contributed by atoms with Gasteiger partial charge in [0.2, 0.25) is 5.91 Å². The highest BCUT2D eigenvalue weighted by atomic mass is 16.1. The van der Waals surface area contributed by atoms with Crippen LogP contribution in [0.4, 0.5) is 5.69 Å². The topological polar surface area (TPSA) is 107 Å². The fourth-order valence-electron chi connectivity index (χ4n) is 5.18. The quantitative estimate of drug-likeness (QED) is 0.318. The summed E-state index contributed by atoms with van der Waals surface area (Å²) in [6.07, 6.45) is 6.69. The molecule has 4 aromatic rings. The van der Waals surface area contributed by atoms with Crippen LogP contribution >= 0.6 is 0 Å². The standard InChI is InChI=1S/C26H27N7O/c34-24(9-16-5-2-1-3-6-16)30-19-10-18(13-27-14-19)21-12-20-23(15-29-21)32-33-25(20)22-11-17-7-4-8-28-26(17)31-22/h1-8,10-11,13-14,20-21,23,25,29,32-33H,9,12,15H2,(H,28,31)(H,30,34). The predicted octanol–water partition coefficient (Wildman–Crippen LogP) is 3.01. The molecule has 0 aliphatic carbocycles. The fraction of sp³-hybridized carbons (Fsp3) is 0.269. The average molecular weight is 454 g/mol. The van der Waals surface area contributed by atoms with Gasteiger partial charge >= 0.3 is 0 Å². The van der Waals surface area contributed by atoms with Gasteiger partial charge < -0.3 is 15.6 Å². The Hall–Kier alpha value is -3.59. The van der Waals surface area contributed by atoms with Crippen LogP contribution in [0.2, 0.25) is 0 Å². The highest BCUT2D eigenvalue weighted by molar-refractivity contribution is 5.92. The Bertz CT molecular complexity index is 1270. The lowest BCUT2D eigenvalue weighted by molar-refractivity contribution is -0.115. The van der Waals surface area contributed by atoms with Gasteiger partial charge in [-0.25, -0.2) is 10.4 Å². The molecule has 0 bridgehead atoms. The summed E-state index contributed by atoms with van der Waals surface area (Å²) >= 11 is 0. The number of amides is 1. The minimum Gasteiger partial charge on any atom is -0.342 e. The van der Waals surface area contributed by atoms with Gasteiger partial charge in [0.05, 0.1) is 24.3 Å². The van der Waals surface area contributed by atoms with Crippen molar-refractivity contribution >= 4 is 22.6 Å². The molecule has 2 saturated heterocycles. The summed E-state index contributed by atoms with van der Waals surface area (Å²) in [4.78, 5) is 24.8. The molecule has 8 heteroatoms. The van der Waals surface area contributed by atoms with Crippen molar-refractivity contribution in [2.45, 2.75) is 31.0 Å². The van der Waals surface area contributed by atoms with Crippen molar-refractivity contribution in [2.24, 2.45) is 5.92 Å². The summed E-state index contributed by atoms with van der Waals surface area (Å²) in [7, 11) is 0. The first-order valence-corrected chi connectivity index (χ1v) is 11.7. The number of aromatic amines is 1. The van der Waals surface area contributed by atoms with Crippen LogP contribution in [0.25, 0.3) is 11.0 Å². The van der Waals surface area contributed by atoms with E-state index in [0.29, 0.717) is 18.4 Å². The van der Waals surface area contributed by atoms with Crippen LogP contribution in [-0.2, 0) is 11.2 Å². The van der Waals surface area contributed by atoms with E-state index in [1.807, 2.05) is 54.9 Å². The zero-order chi connectivity index (χ0) is 22.9. The average Bonchev–Trinajstić information content (AvgIpc) is 3.48. The van der Waals surface area contributed by atoms with Crippen LogP contribution in [0.1, 0.15) is 35.3 Å². The number of pyridine rings is 2. The number of H-pyrrole nitrogens is 1. The fourth-order valence-corrected chi connectivity index (χ4v) is 5.18. The van der Waals surface area contributed by atoms with Crippen LogP contribution < -0.4 is 21.5 Å². The third-order valence-electron chi connectivity index (χ3n) is 6.86. The van der Waals surface area contributed by atoms with Gasteiger partial charge in [0.25, 0.3) is 0 Å². The van der Waals surface area contributed by atoms with Crippen LogP contribution in [-0.4, -0.2) is 33.4 Å². The van der Waals surface area contributed by atoms with E-state index < -0.39 is 0 Å². The molecule has 1 amide bonds. The number of fused-ring (bicyclic) bond motifs is 2. The van der Waals surface area contributed by atoms with Crippen molar-refractivity contribution in [3.05, 3.63) is 90.0 Å². The largest absolute Gasteiger partial charge is 0.342 e. The molecule has 5 N–H and O–H groups in total. The van der Waals surface area contributed by atoms with E-state index in [4.69, 9.17) is 0 Å². The number of aromatic nitrogens is 3. The monoisotopic (exact) mass is 453 g/mol. The zero-order valence-corrected chi connectivity index (χ0v) is 18.7. The lowest BCUT2D eigenvalue weighted by Crippen LogP contribution is -2.46. The summed E-state index contributed by atoms with van der Waals surface area (Å²) in [5.41, 5.74) is 11.8. The molecule has 2 fully saturated rings. The second-order valence-electron chi connectivity index (χ2n) is 9.12. The molecule has 34 heavy (non-hydrogen) atoms. The first-order valence-electron chi connectivity index (χ1n) is 11.7. The Morgan fingerprint density at radius 1 is 1.06 bits per heavy atom. The van der Waals surface area contributed by atoms with Crippen molar-refractivity contribution in [1.82, 2.24) is 31.1 Å². The molecule has 6 rings (SSSR count). The highest BCUT2D eigenvalue weighted by Gasteiger charge is 2.42. The number of nitrogens with zero attached hydrogens (tertiary/aromatic N) is 2. The first kappa shape index (κ1) is 21.0. The molecule has 0 radical (unpaired) electrons. The summed E-state index contributed by atoms with van der Waals surface area (Å²) in [6.45, 7) is 0.849. The third-order valence-corrected chi connectivity index (χ3v) is 6.86. The maximum atomic E-state index is 12.5. The van der Waals surface area contributed by atoms with Crippen LogP contribution in [0, 0.1) is 5.92 Å². The number of piperidine rings is 1. The number of rotatable bonds is 5. The van der Waals surface area contributed by atoms with Crippen molar-refractivity contribution in [2.75, 3.05) is 11.9 Å². The Morgan fingerprint density at radius 3 is 2.85 bits per heavy atom. The van der Waals surface area contributed by atoms with Gasteiger partial charge in [-0.2, -0.15) is 0 Å². The minimum absolute atomic E-state index is 0.0431. The molecule has 4 atom stereocenters. The Labute approximate surface area is 197 Å². The van der Waals surface area contributed by atoms with Crippen LogP contribution in [0.3, 0.4) is 0 Å². The molecule has 3 aromatic heterocycles. The van der Waals surface area contributed by atoms with Crippen molar-refractivity contribution in [3.8, 4) is 0 Å². The molecule has 4 unspecified atom stereocenters. The molecule has 5 heterocycles. The number of carbonyl (C=O) groups is 1. The SMILES string of the molecule is O=C(Cc1ccccc1)Nc1cncc(C2CC3C(CN2)NNC3c2cc3cccnc3[nH]2)c1. The lowest BCUT2D eigenvalue weighted by Gasteiger charge is -2.34. The summed E-state index contributed by atoms with van der Waals surface area (Å²) in [5.74, 6) is 0.356. The Kier molecular flexibility index (Phi) is 5.54. The summed E-state index contributed by atoms with van der Waals surface area (Å²) in [6, 6.07) is 18.7. The second-order valence-corrected chi connectivity index (χ2v) is 9.12. The van der Waals surface area contributed by atoms with Crippen LogP contribution in [0.5, 0.6) is 0 Å². The highest BCUT2D eigenvalue weighted by Crippen LogP contribution is 2.38. The number of hydrazine groups is 1. The van der Waals surface area contributed by atoms with Gasteiger partial charge in [0.15, 0.2) is 0 Å². The number of carbonyl (C=O) groups excluding carboxylic acids is 1. The van der Waals surface area contributed by atoms with Gasteiger partial charge in [-0.05, 0) is 41.8 Å². The molecule has 2 aliphatic rings. The van der Waals surface area contributed by atoms with Crippen molar-refractivity contribution < 1.29 is 4.79 Å². The van der Waals surface area contributed by atoms with E-state index in [0.717, 1.165) is 46.5 Å². The van der Waals surface area contributed by atoms with Gasteiger partial charge in [-0.3, -0.25) is 15.2 Å². The Balaban J connectivity index is 1.16. The minimum atomic E-state index is -0.0431. The van der Waals surface area contributed by atoms with Gasteiger partial charge in [0.1, 0.15) is 5.65 Å². The van der Waals surface area contributed by atoms with E-state index in [1.165, 1.54) is 0 Å².